The lowest BCUT2D eigenvalue weighted by molar-refractivity contribution is -0.278. The average molecular weight is 364 g/mol. The summed E-state index contributed by atoms with van der Waals surface area (Å²) in [6, 6.07) is 8.04. The van der Waals surface area contributed by atoms with Crippen LogP contribution in [0.15, 0.2) is 24.3 Å². The molecular formula is C18H24N2O6. The molecule has 1 aliphatic heterocycles. The lowest BCUT2D eigenvalue weighted by atomic mass is 9.99. The van der Waals surface area contributed by atoms with Crippen molar-refractivity contribution in [2.45, 2.75) is 51.0 Å². The second-order valence-electron chi connectivity index (χ2n) is 6.61. The number of aromatic amines is 1. The first kappa shape index (κ1) is 18.8. The van der Waals surface area contributed by atoms with Gasteiger partial charge in [-0.15, -0.1) is 5.10 Å². The third-order valence-corrected chi connectivity index (χ3v) is 4.58. The topological polar surface area (TPSA) is 128 Å². The molecule has 26 heavy (non-hydrogen) atoms. The number of hydrogen-bond donors (Lipinski definition) is 5. The Labute approximate surface area is 151 Å². The molecule has 0 spiro atoms. The van der Waals surface area contributed by atoms with Crippen molar-refractivity contribution in [3.63, 3.8) is 0 Å². The van der Waals surface area contributed by atoms with E-state index in [9.17, 15) is 20.4 Å². The predicted molar refractivity (Wildman–Crippen MR) is 91.7 cm³/mol. The first-order chi connectivity index (χ1) is 12.4. The number of aliphatic hydroxyl groups is 4. The van der Waals surface area contributed by atoms with E-state index in [0.717, 1.165) is 22.4 Å². The van der Waals surface area contributed by atoms with Crippen LogP contribution in [0, 0.1) is 13.8 Å². The smallest absolute Gasteiger partial charge is 0.238 e. The molecular weight excluding hydrogens is 340 g/mol. The van der Waals surface area contributed by atoms with E-state index in [1.807, 2.05) is 32.0 Å². The maximum absolute atomic E-state index is 10.1. The Morgan fingerprint density at radius 3 is 2.62 bits per heavy atom. The van der Waals surface area contributed by atoms with Crippen LogP contribution in [0.5, 0.6) is 5.88 Å². The van der Waals surface area contributed by atoms with Gasteiger partial charge in [0.15, 0.2) is 0 Å². The SMILES string of the molecule is Cc1cccc(Cc2c(O[C@@H]3O[C@H](CO)[C@@H](O)[C@H](O)[C@H]3O)n[nH]c2C)c1. The van der Waals surface area contributed by atoms with Gasteiger partial charge in [-0.3, -0.25) is 5.10 Å². The number of aromatic nitrogens is 2. The fourth-order valence-electron chi connectivity index (χ4n) is 3.04. The van der Waals surface area contributed by atoms with Gasteiger partial charge in [0.1, 0.15) is 24.4 Å². The number of H-pyrrole nitrogens is 1. The molecule has 1 aromatic heterocycles. The van der Waals surface area contributed by atoms with Gasteiger partial charge in [-0.25, -0.2) is 0 Å². The Kier molecular flexibility index (Phi) is 5.59. The summed E-state index contributed by atoms with van der Waals surface area (Å²) < 4.78 is 11.1. The maximum atomic E-state index is 10.1. The summed E-state index contributed by atoms with van der Waals surface area (Å²) in [5.74, 6) is 0.244. The maximum Gasteiger partial charge on any atom is 0.238 e. The van der Waals surface area contributed by atoms with Crippen molar-refractivity contribution < 1.29 is 29.9 Å². The van der Waals surface area contributed by atoms with Gasteiger partial charge in [-0.1, -0.05) is 29.8 Å². The summed E-state index contributed by atoms with van der Waals surface area (Å²) in [6.45, 7) is 3.36. The van der Waals surface area contributed by atoms with Gasteiger partial charge in [0, 0.05) is 17.7 Å². The van der Waals surface area contributed by atoms with Gasteiger partial charge in [-0.05, 0) is 19.4 Å². The van der Waals surface area contributed by atoms with E-state index < -0.39 is 37.3 Å². The highest BCUT2D eigenvalue weighted by atomic mass is 16.7. The molecule has 1 fully saturated rings. The van der Waals surface area contributed by atoms with Crippen LogP contribution in [0.2, 0.25) is 0 Å². The second-order valence-corrected chi connectivity index (χ2v) is 6.61. The molecule has 8 heteroatoms. The highest BCUT2D eigenvalue weighted by molar-refractivity contribution is 5.36. The zero-order chi connectivity index (χ0) is 18.8. The summed E-state index contributed by atoms with van der Waals surface area (Å²) in [6.07, 6.45) is -6.12. The quantitative estimate of drug-likeness (QED) is 0.497. The lowest BCUT2D eigenvalue weighted by Gasteiger charge is -2.39. The Morgan fingerprint density at radius 2 is 1.92 bits per heavy atom. The minimum Gasteiger partial charge on any atom is -0.443 e. The molecule has 1 saturated heterocycles. The van der Waals surface area contributed by atoms with Crippen LogP contribution in [0.3, 0.4) is 0 Å². The van der Waals surface area contributed by atoms with E-state index in [-0.39, 0.29) is 5.88 Å². The van der Waals surface area contributed by atoms with Gasteiger partial charge >= 0.3 is 0 Å². The van der Waals surface area contributed by atoms with Gasteiger partial charge in [0.05, 0.1) is 6.61 Å². The van der Waals surface area contributed by atoms with Crippen LogP contribution >= 0.6 is 0 Å². The number of rotatable bonds is 5. The average Bonchev–Trinajstić information content (AvgIpc) is 2.95. The number of benzene rings is 1. The third kappa shape index (κ3) is 3.74. The Morgan fingerprint density at radius 1 is 1.15 bits per heavy atom. The molecule has 142 valence electrons. The van der Waals surface area contributed by atoms with Crippen molar-refractivity contribution >= 4 is 0 Å². The summed E-state index contributed by atoms with van der Waals surface area (Å²) in [5, 5.41) is 46.1. The molecule has 0 saturated carbocycles. The van der Waals surface area contributed by atoms with Gasteiger partial charge in [0.25, 0.3) is 0 Å². The molecule has 0 radical (unpaired) electrons. The second kappa shape index (κ2) is 7.73. The zero-order valence-corrected chi connectivity index (χ0v) is 14.7. The molecule has 0 bridgehead atoms. The largest absolute Gasteiger partial charge is 0.443 e. The highest BCUT2D eigenvalue weighted by Crippen LogP contribution is 2.28. The van der Waals surface area contributed by atoms with E-state index in [1.54, 1.807) is 0 Å². The molecule has 1 aliphatic rings. The van der Waals surface area contributed by atoms with Crippen LogP contribution < -0.4 is 4.74 Å². The van der Waals surface area contributed by atoms with E-state index in [2.05, 4.69) is 16.3 Å². The molecule has 3 rings (SSSR count). The molecule has 5 atom stereocenters. The fraction of sp³-hybridized carbons (Fsp3) is 0.500. The van der Waals surface area contributed by atoms with Crippen molar-refractivity contribution in [1.29, 1.82) is 0 Å². The predicted octanol–water partition coefficient (Wildman–Crippen LogP) is -0.204. The minimum absolute atomic E-state index is 0.244. The number of aliphatic hydroxyl groups excluding tert-OH is 4. The Hall–Kier alpha value is -1.97. The van der Waals surface area contributed by atoms with E-state index >= 15 is 0 Å². The molecule has 8 nitrogen and oxygen atoms in total. The van der Waals surface area contributed by atoms with Gasteiger partial charge in [-0.2, -0.15) is 0 Å². The van der Waals surface area contributed by atoms with Crippen molar-refractivity contribution in [3.8, 4) is 5.88 Å². The lowest BCUT2D eigenvalue weighted by Crippen LogP contribution is -2.60. The molecule has 1 aromatic carbocycles. The first-order valence-corrected chi connectivity index (χ1v) is 8.47. The Bertz CT molecular complexity index is 747. The summed E-state index contributed by atoms with van der Waals surface area (Å²) in [4.78, 5) is 0. The minimum atomic E-state index is -1.49. The molecule has 0 amide bonds. The van der Waals surface area contributed by atoms with Crippen LogP contribution in [-0.4, -0.2) is 67.9 Å². The highest BCUT2D eigenvalue weighted by Gasteiger charge is 2.45. The fourth-order valence-corrected chi connectivity index (χ4v) is 3.04. The van der Waals surface area contributed by atoms with E-state index in [4.69, 9.17) is 9.47 Å². The Balaban J connectivity index is 1.80. The molecule has 0 aliphatic carbocycles. The number of nitrogens with zero attached hydrogens (tertiary/aromatic N) is 1. The monoisotopic (exact) mass is 364 g/mol. The summed E-state index contributed by atoms with van der Waals surface area (Å²) in [5.41, 5.74) is 3.83. The molecule has 5 N–H and O–H groups in total. The van der Waals surface area contributed by atoms with E-state index in [1.165, 1.54) is 0 Å². The number of aryl methyl sites for hydroxylation is 2. The van der Waals surface area contributed by atoms with Crippen molar-refractivity contribution in [3.05, 3.63) is 46.6 Å². The van der Waals surface area contributed by atoms with Gasteiger partial charge < -0.3 is 29.9 Å². The normalized spacial score (nSPS) is 28.9. The standard InChI is InChI=1S/C18H24N2O6/c1-9-4-3-5-11(6-9)7-12-10(2)19-20-17(12)26-18-16(24)15(23)14(22)13(8-21)25-18/h3-6,13-16,18,21-24H,7-8H2,1-2H3,(H,19,20)/t13-,14-,15+,16-,18+/m1/s1. The number of nitrogens with one attached hydrogen (secondary N) is 1. The summed E-state index contributed by atoms with van der Waals surface area (Å²) in [7, 11) is 0. The van der Waals surface area contributed by atoms with Crippen molar-refractivity contribution in [2.75, 3.05) is 6.61 Å². The third-order valence-electron chi connectivity index (χ3n) is 4.58. The number of hydrogen-bond acceptors (Lipinski definition) is 7. The van der Waals surface area contributed by atoms with Crippen LogP contribution in [0.25, 0.3) is 0 Å². The van der Waals surface area contributed by atoms with E-state index in [0.29, 0.717) is 6.42 Å². The van der Waals surface area contributed by atoms with Crippen LogP contribution in [0.1, 0.15) is 22.4 Å². The van der Waals surface area contributed by atoms with Crippen molar-refractivity contribution in [2.24, 2.45) is 0 Å². The zero-order valence-electron chi connectivity index (χ0n) is 14.7. The molecule has 0 unspecified atom stereocenters. The summed E-state index contributed by atoms with van der Waals surface area (Å²) >= 11 is 0. The van der Waals surface area contributed by atoms with Gasteiger partial charge in [0.2, 0.25) is 12.2 Å². The molecule has 2 heterocycles. The number of ether oxygens (including phenoxy) is 2. The first-order valence-electron chi connectivity index (χ1n) is 8.47. The van der Waals surface area contributed by atoms with Crippen LogP contribution in [-0.2, 0) is 11.2 Å². The molecule has 2 aromatic rings. The van der Waals surface area contributed by atoms with Crippen molar-refractivity contribution in [1.82, 2.24) is 10.2 Å². The van der Waals surface area contributed by atoms with Crippen LogP contribution in [0.4, 0.5) is 0 Å².